The molecule has 1 heterocycles. The molecule has 4 aromatic rings. The van der Waals surface area contributed by atoms with E-state index in [1.165, 1.54) is 25.3 Å². The number of nitrogens with one attached hydrogen (secondary N) is 3. The number of alkyl halides is 3. The van der Waals surface area contributed by atoms with Crippen molar-refractivity contribution in [3.63, 3.8) is 0 Å². The average Bonchev–Trinajstić information content (AvgIpc) is 3.18. The molecule has 3 aromatic carbocycles. The molecular formula is C26H25F3N4O3. The van der Waals surface area contributed by atoms with Gasteiger partial charge in [-0.05, 0) is 60.2 Å². The first kappa shape index (κ1) is 24.9. The molecule has 0 aliphatic carbocycles. The lowest BCUT2D eigenvalue weighted by atomic mass is 10.1. The number of amides is 2. The number of ether oxygens (including phenoxy) is 2. The van der Waals surface area contributed by atoms with Gasteiger partial charge in [-0.25, -0.2) is 4.79 Å². The van der Waals surface area contributed by atoms with E-state index in [1.54, 1.807) is 12.1 Å². The number of rotatable bonds is 8. The lowest BCUT2D eigenvalue weighted by Gasteiger charge is -2.14. The molecule has 0 atom stereocenters. The SMILES string of the molecule is COc1ccc(OC(F)(F)F)cc1CNCc1cccc(NC(=O)Nc2ccc3c(ccn3C)c2)c1. The van der Waals surface area contributed by atoms with E-state index in [0.717, 1.165) is 16.5 Å². The zero-order valence-electron chi connectivity index (χ0n) is 19.6. The van der Waals surface area contributed by atoms with E-state index in [2.05, 4.69) is 20.7 Å². The molecule has 0 bridgehead atoms. The number of methoxy groups -OCH3 is 1. The zero-order chi connectivity index (χ0) is 25.7. The number of nitrogens with zero attached hydrogens (tertiary/aromatic N) is 1. The molecule has 0 saturated heterocycles. The Kier molecular flexibility index (Phi) is 7.35. The van der Waals surface area contributed by atoms with E-state index in [-0.39, 0.29) is 18.3 Å². The topological polar surface area (TPSA) is 76.6 Å². The zero-order valence-corrected chi connectivity index (χ0v) is 19.6. The van der Waals surface area contributed by atoms with E-state index in [1.807, 2.05) is 54.2 Å². The van der Waals surface area contributed by atoms with E-state index >= 15 is 0 Å². The van der Waals surface area contributed by atoms with Crippen LogP contribution in [0.15, 0.2) is 72.9 Å². The lowest BCUT2D eigenvalue weighted by Crippen LogP contribution is -2.20. The van der Waals surface area contributed by atoms with Gasteiger partial charge in [0.05, 0.1) is 7.11 Å². The molecule has 0 fully saturated rings. The van der Waals surface area contributed by atoms with E-state index in [4.69, 9.17) is 4.74 Å². The van der Waals surface area contributed by atoms with Gasteiger partial charge in [-0.15, -0.1) is 13.2 Å². The highest BCUT2D eigenvalue weighted by atomic mass is 19.4. The van der Waals surface area contributed by atoms with Crippen molar-refractivity contribution in [1.29, 1.82) is 0 Å². The lowest BCUT2D eigenvalue weighted by molar-refractivity contribution is -0.274. The summed E-state index contributed by atoms with van der Waals surface area (Å²) in [6.45, 7) is 0.660. The first-order chi connectivity index (χ1) is 17.2. The van der Waals surface area contributed by atoms with Crippen molar-refractivity contribution in [2.24, 2.45) is 7.05 Å². The van der Waals surface area contributed by atoms with Crippen molar-refractivity contribution in [1.82, 2.24) is 9.88 Å². The molecule has 0 aliphatic rings. The van der Waals surface area contributed by atoms with Crippen molar-refractivity contribution >= 4 is 28.3 Å². The number of carbonyl (C=O) groups excluding carboxylic acids is 1. The number of aromatic nitrogens is 1. The number of fused-ring (bicyclic) bond motifs is 1. The Morgan fingerprint density at radius 3 is 2.47 bits per heavy atom. The largest absolute Gasteiger partial charge is 0.573 e. The van der Waals surface area contributed by atoms with Gasteiger partial charge in [-0.1, -0.05) is 12.1 Å². The molecule has 2 amide bonds. The van der Waals surface area contributed by atoms with Gasteiger partial charge in [-0.2, -0.15) is 0 Å². The Labute approximate surface area is 205 Å². The second kappa shape index (κ2) is 10.6. The molecule has 4 rings (SSSR count). The number of carbonyl (C=O) groups is 1. The van der Waals surface area contributed by atoms with Crippen LogP contribution in [0.5, 0.6) is 11.5 Å². The fourth-order valence-corrected chi connectivity index (χ4v) is 3.84. The van der Waals surface area contributed by atoms with Crippen molar-refractivity contribution in [3.05, 3.63) is 84.1 Å². The quantitative estimate of drug-likeness (QED) is 0.278. The summed E-state index contributed by atoms with van der Waals surface area (Å²) in [5.41, 5.74) is 3.74. The molecule has 10 heteroatoms. The van der Waals surface area contributed by atoms with E-state index < -0.39 is 6.36 Å². The minimum Gasteiger partial charge on any atom is -0.496 e. The maximum Gasteiger partial charge on any atom is 0.573 e. The third-order valence-corrected chi connectivity index (χ3v) is 5.46. The molecule has 0 spiro atoms. The maximum absolute atomic E-state index is 12.5. The predicted octanol–water partition coefficient (Wildman–Crippen LogP) is 6.02. The van der Waals surface area contributed by atoms with Gasteiger partial charge in [0, 0.05) is 54.2 Å². The van der Waals surface area contributed by atoms with Gasteiger partial charge < -0.3 is 30.0 Å². The third-order valence-electron chi connectivity index (χ3n) is 5.46. The number of hydrogen-bond acceptors (Lipinski definition) is 4. The summed E-state index contributed by atoms with van der Waals surface area (Å²) in [4.78, 5) is 12.5. The highest BCUT2D eigenvalue weighted by molar-refractivity contribution is 6.01. The van der Waals surface area contributed by atoms with Crippen LogP contribution in [-0.2, 0) is 20.1 Å². The molecule has 0 saturated carbocycles. The number of hydrogen-bond donors (Lipinski definition) is 3. The van der Waals surface area contributed by atoms with Crippen LogP contribution < -0.4 is 25.4 Å². The summed E-state index contributed by atoms with van der Waals surface area (Å²) in [7, 11) is 3.40. The second-order valence-corrected chi connectivity index (χ2v) is 8.10. The van der Waals surface area contributed by atoms with Crippen molar-refractivity contribution in [2.75, 3.05) is 17.7 Å². The summed E-state index contributed by atoms with van der Waals surface area (Å²) in [6, 6.07) is 18.5. The monoisotopic (exact) mass is 498 g/mol. The van der Waals surface area contributed by atoms with Crippen LogP contribution >= 0.6 is 0 Å². The second-order valence-electron chi connectivity index (χ2n) is 8.10. The fraction of sp³-hybridized carbons (Fsp3) is 0.192. The Bertz CT molecular complexity index is 1370. The molecule has 188 valence electrons. The molecule has 0 unspecified atom stereocenters. The van der Waals surface area contributed by atoms with Crippen molar-refractivity contribution in [2.45, 2.75) is 19.5 Å². The number of anilines is 2. The maximum atomic E-state index is 12.5. The Morgan fingerprint density at radius 1 is 0.944 bits per heavy atom. The Hall–Kier alpha value is -4.18. The highest BCUT2D eigenvalue weighted by Gasteiger charge is 2.31. The van der Waals surface area contributed by atoms with Crippen LogP contribution in [0.3, 0.4) is 0 Å². The number of benzene rings is 3. The van der Waals surface area contributed by atoms with E-state index in [9.17, 15) is 18.0 Å². The minimum absolute atomic E-state index is 0.248. The third kappa shape index (κ3) is 6.48. The normalized spacial score (nSPS) is 11.4. The van der Waals surface area contributed by atoms with Crippen molar-refractivity contribution < 1.29 is 27.4 Å². The standard InChI is InChI=1S/C26H25F3N4O3/c1-33-11-10-18-13-21(6-8-23(18)33)32-25(34)31-20-5-3-4-17(12-20)15-30-16-19-14-22(36-26(27,28)29)7-9-24(19)35-2/h3-14,30H,15-16H2,1-2H3,(H2,31,32,34). The summed E-state index contributed by atoms with van der Waals surface area (Å²) < 4.78 is 48.8. The first-order valence-electron chi connectivity index (χ1n) is 11.1. The molecule has 1 aromatic heterocycles. The molecule has 0 radical (unpaired) electrons. The van der Waals surface area contributed by atoms with Crippen LogP contribution in [0.1, 0.15) is 11.1 Å². The predicted molar refractivity (Wildman–Crippen MR) is 132 cm³/mol. The van der Waals surface area contributed by atoms with Crippen LogP contribution in [0, 0.1) is 0 Å². The van der Waals surface area contributed by atoms with Crippen LogP contribution in [0.2, 0.25) is 0 Å². The number of aryl methyl sites for hydroxylation is 1. The summed E-state index contributed by atoms with van der Waals surface area (Å²) in [5, 5.41) is 9.84. The van der Waals surface area contributed by atoms with Gasteiger partial charge >= 0.3 is 12.4 Å². The first-order valence-corrected chi connectivity index (χ1v) is 11.1. The number of halogens is 3. The van der Waals surface area contributed by atoms with Crippen LogP contribution in [0.25, 0.3) is 10.9 Å². The molecular weight excluding hydrogens is 473 g/mol. The molecule has 0 aliphatic heterocycles. The average molecular weight is 499 g/mol. The van der Waals surface area contributed by atoms with Crippen LogP contribution in [-0.4, -0.2) is 24.1 Å². The molecule has 36 heavy (non-hydrogen) atoms. The molecule has 7 nitrogen and oxygen atoms in total. The minimum atomic E-state index is -4.77. The van der Waals surface area contributed by atoms with Crippen molar-refractivity contribution in [3.8, 4) is 11.5 Å². The van der Waals surface area contributed by atoms with Gasteiger partial charge in [-0.3, -0.25) is 0 Å². The summed E-state index contributed by atoms with van der Waals surface area (Å²) in [5.74, 6) is 0.126. The molecule has 3 N–H and O–H groups in total. The van der Waals surface area contributed by atoms with Gasteiger partial charge in [0.2, 0.25) is 0 Å². The number of urea groups is 1. The van der Waals surface area contributed by atoms with Gasteiger partial charge in [0.1, 0.15) is 11.5 Å². The van der Waals surface area contributed by atoms with Crippen LogP contribution in [0.4, 0.5) is 29.3 Å². The fourth-order valence-electron chi connectivity index (χ4n) is 3.84. The summed E-state index contributed by atoms with van der Waals surface area (Å²) in [6.07, 6.45) is -2.82. The van der Waals surface area contributed by atoms with E-state index in [0.29, 0.717) is 29.2 Å². The summed E-state index contributed by atoms with van der Waals surface area (Å²) >= 11 is 0. The van der Waals surface area contributed by atoms with Gasteiger partial charge in [0.25, 0.3) is 0 Å². The Morgan fingerprint density at radius 2 is 1.72 bits per heavy atom. The highest BCUT2D eigenvalue weighted by Crippen LogP contribution is 2.28. The van der Waals surface area contributed by atoms with Gasteiger partial charge in [0.15, 0.2) is 0 Å². The smallest absolute Gasteiger partial charge is 0.496 e. The Balaban J connectivity index is 1.34.